The standard InChI is InChI=1S/C16H25FN2O2/c1-11(2)7-8-19-16(20)10-21-13-5-6-14(12(3)18-4)15(17)9-13/h5-6,9,11-12,18H,7-8,10H2,1-4H3,(H,19,20). The molecule has 5 heteroatoms. The number of ether oxygens (including phenoxy) is 1. The first-order valence-electron chi connectivity index (χ1n) is 7.30. The fraction of sp³-hybridized carbons (Fsp3) is 0.562. The Labute approximate surface area is 126 Å². The number of carbonyl (C=O) groups is 1. The first-order chi connectivity index (χ1) is 9.93. The van der Waals surface area contributed by atoms with Gasteiger partial charge in [-0.2, -0.15) is 0 Å². The summed E-state index contributed by atoms with van der Waals surface area (Å²) >= 11 is 0. The van der Waals surface area contributed by atoms with Gasteiger partial charge in [0.2, 0.25) is 0 Å². The van der Waals surface area contributed by atoms with Crippen LogP contribution in [0.1, 0.15) is 38.8 Å². The van der Waals surface area contributed by atoms with Gasteiger partial charge >= 0.3 is 0 Å². The van der Waals surface area contributed by atoms with Crippen LogP contribution in [0.3, 0.4) is 0 Å². The van der Waals surface area contributed by atoms with Gasteiger partial charge in [-0.05, 0) is 32.4 Å². The van der Waals surface area contributed by atoms with Gasteiger partial charge < -0.3 is 15.4 Å². The molecule has 0 aliphatic carbocycles. The Morgan fingerprint density at radius 3 is 2.62 bits per heavy atom. The van der Waals surface area contributed by atoms with Crippen molar-refractivity contribution in [3.63, 3.8) is 0 Å². The van der Waals surface area contributed by atoms with E-state index in [9.17, 15) is 9.18 Å². The minimum absolute atomic E-state index is 0.0709. The van der Waals surface area contributed by atoms with Crippen molar-refractivity contribution >= 4 is 5.91 Å². The minimum Gasteiger partial charge on any atom is -0.484 e. The van der Waals surface area contributed by atoms with Crippen molar-refractivity contribution in [2.75, 3.05) is 20.2 Å². The molecule has 0 aromatic heterocycles. The molecule has 0 saturated carbocycles. The van der Waals surface area contributed by atoms with Gasteiger partial charge in [0.05, 0.1) is 0 Å². The summed E-state index contributed by atoms with van der Waals surface area (Å²) in [5, 5.41) is 5.75. The molecule has 1 rings (SSSR count). The van der Waals surface area contributed by atoms with Crippen molar-refractivity contribution in [2.24, 2.45) is 5.92 Å². The predicted molar refractivity (Wildman–Crippen MR) is 81.8 cm³/mol. The van der Waals surface area contributed by atoms with Crippen LogP contribution >= 0.6 is 0 Å². The SMILES string of the molecule is CNC(C)c1ccc(OCC(=O)NCCC(C)C)cc1F. The second-order valence-corrected chi connectivity index (χ2v) is 5.51. The van der Waals surface area contributed by atoms with Gasteiger partial charge in [0, 0.05) is 24.2 Å². The van der Waals surface area contributed by atoms with Crippen LogP contribution in [0.4, 0.5) is 4.39 Å². The van der Waals surface area contributed by atoms with E-state index in [1.165, 1.54) is 6.07 Å². The van der Waals surface area contributed by atoms with Gasteiger partial charge in [-0.3, -0.25) is 4.79 Å². The maximum absolute atomic E-state index is 13.9. The summed E-state index contributed by atoms with van der Waals surface area (Å²) < 4.78 is 19.2. The first-order valence-corrected chi connectivity index (χ1v) is 7.30. The van der Waals surface area contributed by atoms with E-state index in [-0.39, 0.29) is 24.4 Å². The highest BCUT2D eigenvalue weighted by atomic mass is 19.1. The Bertz CT molecular complexity index is 464. The average Bonchev–Trinajstić information content (AvgIpc) is 2.44. The molecule has 118 valence electrons. The van der Waals surface area contributed by atoms with Crippen LogP contribution in [0.15, 0.2) is 18.2 Å². The number of benzene rings is 1. The molecule has 0 heterocycles. The summed E-state index contributed by atoms with van der Waals surface area (Å²) in [6, 6.07) is 4.58. The molecule has 0 fully saturated rings. The first kappa shape index (κ1) is 17.4. The zero-order valence-corrected chi connectivity index (χ0v) is 13.2. The van der Waals surface area contributed by atoms with E-state index in [2.05, 4.69) is 24.5 Å². The van der Waals surface area contributed by atoms with Crippen LogP contribution in [-0.4, -0.2) is 26.1 Å². The fourth-order valence-electron chi connectivity index (χ4n) is 1.80. The Morgan fingerprint density at radius 2 is 2.05 bits per heavy atom. The second kappa shape index (κ2) is 8.62. The molecule has 1 atom stereocenters. The molecule has 0 bridgehead atoms. The summed E-state index contributed by atoms with van der Waals surface area (Å²) in [7, 11) is 1.77. The predicted octanol–water partition coefficient (Wildman–Crippen LogP) is 2.65. The van der Waals surface area contributed by atoms with E-state index in [0.29, 0.717) is 23.8 Å². The normalized spacial score (nSPS) is 12.3. The lowest BCUT2D eigenvalue weighted by molar-refractivity contribution is -0.123. The summed E-state index contributed by atoms with van der Waals surface area (Å²) in [5.41, 5.74) is 0.575. The topological polar surface area (TPSA) is 50.4 Å². The van der Waals surface area contributed by atoms with Crippen LogP contribution < -0.4 is 15.4 Å². The van der Waals surface area contributed by atoms with Gasteiger partial charge in [-0.15, -0.1) is 0 Å². The van der Waals surface area contributed by atoms with Gasteiger partial charge in [0.15, 0.2) is 6.61 Å². The van der Waals surface area contributed by atoms with Gasteiger partial charge in [0.25, 0.3) is 5.91 Å². The van der Waals surface area contributed by atoms with E-state index >= 15 is 0 Å². The number of rotatable bonds is 8. The van der Waals surface area contributed by atoms with Crippen LogP contribution in [0, 0.1) is 11.7 Å². The monoisotopic (exact) mass is 296 g/mol. The lowest BCUT2D eigenvalue weighted by Gasteiger charge is -2.13. The summed E-state index contributed by atoms with van der Waals surface area (Å²) in [5.74, 6) is 0.374. The fourth-order valence-corrected chi connectivity index (χ4v) is 1.80. The molecular formula is C16H25FN2O2. The molecule has 0 aliphatic heterocycles. The van der Waals surface area contributed by atoms with Crippen molar-refractivity contribution in [1.82, 2.24) is 10.6 Å². The molecule has 1 aromatic carbocycles. The van der Waals surface area contributed by atoms with Gasteiger partial charge in [-0.1, -0.05) is 19.9 Å². The summed E-state index contributed by atoms with van der Waals surface area (Å²) in [6.07, 6.45) is 0.928. The van der Waals surface area contributed by atoms with E-state index in [1.807, 2.05) is 6.92 Å². The largest absolute Gasteiger partial charge is 0.484 e. The van der Waals surface area contributed by atoms with Gasteiger partial charge in [0.1, 0.15) is 11.6 Å². The number of nitrogens with one attached hydrogen (secondary N) is 2. The van der Waals surface area contributed by atoms with E-state index in [0.717, 1.165) is 6.42 Å². The van der Waals surface area contributed by atoms with Gasteiger partial charge in [-0.25, -0.2) is 4.39 Å². The number of hydrogen-bond acceptors (Lipinski definition) is 3. The van der Waals surface area contributed by atoms with E-state index in [4.69, 9.17) is 4.74 Å². The molecule has 0 spiro atoms. The average molecular weight is 296 g/mol. The van der Waals surface area contributed by atoms with Crippen LogP contribution in [-0.2, 0) is 4.79 Å². The summed E-state index contributed by atoms with van der Waals surface area (Å²) in [4.78, 5) is 11.6. The molecule has 0 aliphatic rings. The quantitative estimate of drug-likeness (QED) is 0.775. The van der Waals surface area contributed by atoms with E-state index in [1.54, 1.807) is 19.2 Å². The zero-order chi connectivity index (χ0) is 15.8. The Kier molecular flexibility index (Phi) is 7.15. The molecule has 2 N–H and O–H groups in total. The van der Waals surface area contributed by atoms with E-state index < -0.39 is 0 Å². The third-order valence-electron chi connectivity index (χ3n) is 3.29. The maximum atomic E-state index is 13.9. The number of hydrogen-bond donors (Lipinski definition) is 2. The molecule has 1 unspecified atom stereocenters. The maximum Gasteiger partial charge on any atom is 0.257 e. The highest BCUT2D eigenvalue weighted by molar-refractivity contribution is 5.77. The smallest absolute Gasteiger partial charge is 0.257 e. The van der Waals surface area contributed by atoms with Crippen LogP contribution in [0.2, 0.25) is 0 Å². The Hall–Kier alpha value is -1.62. The molecule has 0 saturated heterocycles. The molecule has 21 heavy (non-hydrogen) atoms. The number of amides is 1. The van der Waals surface area contributed by atoms with Crippen molar-refractivity contribution in [3.8, 4) is 5.75 Å². The lowest BCUT2D eigenvalue weighted by atomic mass is 10.1. The van der Waals surface area contributed by atoms with Crippen LogP contribution in [0.25, 0.3) is 0 Å². The lowest BCUT2D eigenvalue weighted by Crippen LogP contribution is -2.30. The Balaban J connectivity index is 2.45. The van der Waals surface area contributed by atoms with Crippen molar-refractivity contribution in [1.29, 1.82) is 0 Å². The molecule has 0 radical (unpaired) electrons. The zero-order valence-electron chi connectivity index (χ0n) is 13.2. The number of halogens is 1. The highest BCUT2D eigenvalue weighted by Gasteiger charge is 2.10. The molecular weight excluding hydrogens is 271 g/mol. The van der Waals surface area contributed by atoms with Crippen molar-refractivity contribution in [2.45, 2.75) is 33.2 Å². The highest BCUT2D eigenvalue weighted by Crippen LogP contribution is 2.21. The molecule has 1 aromatic rings. The second-order valence-electron chi connectivity index (χ2n) is 5.51. The third kappa shape index (κ3) is 6.12. The Morgan fingerprint density at radius 1 is 1.33 bits per heavy atom. The van der Waals surface area contributed by atoms with Crippen molar-refractivity contribution in [3.05, 3.63) is 29.6 Å². The number of carbonyl (C=O) groups excluding carboxylic acids is 1. The molecule has 1 amide bonds. The minimum atomic E-state index is -0.338. The molecule has 4 nitrogen and oxygen atoms in total. The van der Waals surface area contributed by atoms with Crippen LogP contribution in [0.5, 0.6) is 5.75 Å². The van der Waals surface area contributed by atoms with Crippen molar-refractivity contribution < 1.29 is 13.9 Å². The summed E-state index contributed by atoms with van der Waals surface area (Å²) in [6.45, 7) is 6.60. The third-order valence-corrected chi connectivity index (χ3v) is 3.29.